The van der Waals surface area contributed by atoms with Crippen molar-refractivity contribution < 1.29 is 14.4 Å². The van der Waals surface area contributed by atoms with E-state index in [9.17, 15) is 5.11 Å². The van der Waals surface area contributed by atoms with Crippen LogP contribution in [0.1, 0.15) is 27.7 Å². The largest absolute Gasteiger partial charge is 0.514 e. The Labute approximate surface area is 118 Å². The molecule has 2 heterocycles. The van der Waals surface area contributed by atoms with Crippen molar-refractivity contribution in [2.45, 2.75) is 38.9 Å². The molecule has 0 unspecified atom stereocenters. The summed E-state index contributed by atoms with van der Waals surface area (Å²) in [5.74, 6) is 0.00723. The van der Waals surface area contributed by atoms with E-state index in [-0.39, 0.29) is 5.88 Å². The van der Waals surface area contributed by atoms with Crippen molar-refractivity contribution in [1.29, 1.82) is 0 Å². The van der Waals surface area contributed by atoms with Crippen LogP contribution in [0.5, 0.6) is 5.88 Å². The van der Waals surface area contributed by atoms with Gasteiger partial charge in [-0.3, -0.25) is 0 Å². The lowest BCUT2D eigenvalue weighted by molar-refractivity contribution is 0.00578. The van der Waals surface area contributed by atoms with Gasteiger partial charge in [0, 0.05) is 5.39 Å². The fourth-order valence-electron chi connectivity index (χ4n) is 2.29. The van der Waals surface area contributed by atoms with E-state index in [2.05, 4.69) is 4.98 Å². The smallest absolute Gasteiger partial charge is 0.493 e. The minimum absolute atomic E-state index is 0.00723. The Bertz CT molecular complexity index is 653. The van der Waals surface area contributed by atoms with Crippen LogP contribution < -0.4 is 5.59 Å². The Balaban J connectivity index is 2.04. The molecule has 1 aromatic heterocycles. The van der Waals surface area contributed by atoms with E-state index in [4.69, 9.17) is 9.31 Å². The average Bonchev–Trinajstić information content (AvgIpc) is 2.58. The number of hydrogen-bond acceptors (Lipinski definition) is 4. The molecule has 1 aliphatic heterocycles. The van der Waals surface area contributed by atoms with Gasteiger partial charge in [0.15, 0.2) is 0 Å². The van der Waals surface area contributed by atoms with Gasteiger partial charge < -0.3 is 14.4 Å². The molecule has 0 amide bonds. The van der Waals surface area contributed by atoms with Crippen LogP contribution in [-0.4, -0.2) is 28.4 Å². The fraction of sp³-hybridized carbons (Fsp3) is 0.400. The molecule has 5 heteroatoms. The van der Waals surface area contributed by atoms with Crippen molar-refractivity contribution in [1.82, 2.24) is 4.98 Å². The van der Waals surface area contributed by atoms with E-state index < -0.39 is 18.3 Å². The molecule has 0 radical (unpaired) electrons. The van der Waals surface area contributed by atoms with Crippen LogP contribution in [0, 0.1) is 0 Å². The van der Waals surface area contributed by atoms with Gasteiger partial charge in [-0.2, -0.15) is 0 Å². The second-order valence-corrected chi connectivity index (χ2v) is 6.18. The fourth-order valence-corrected chi connectivity index (χ4v) is 2.29. The van der Waals surface area contributed by atoms with Gasteiger partial charge in [-0.1, -0.05) is 18.2 Å². The van der Waals surface area contributed by atoms with Crippen LogP contribution in [0.25, 0.3) is 10.8 Å². The summed E-state index contributed by atoms with van der Waals surface area (Å²) < 4.78 is 11.9. The first kappa shape index (κ1) is 13.4. The van der Waals surface area contributed by atoms with Crippen molar-refractivity contribution in [3.8, 4) is 5.88 Å². The molecule has 1 aliphatic rings. The lowest BCUT2D eigenvalue weighted by Gasteiger charge is -2.32. The highest BCUT2D eigenvalue weighted by Gasteiger charge is 2.52. The van der Waals surface area contributed by atoms with Crippen molar-refractivity contribution in [3.05, 3.63) is 30.3 Å². The van der Waals surface area contributed by atoms with Crippen LogP contribution in [0.2, 0.25) is 0 Å². The molecular weight excluding hydrogens is 253 g/mol. The highest BCUT2D eigenvalue weighted by molar-refractivity contribution is 6.61. The summed E-state index contributed by atoms with van der Waals surface area (Å²) in [6, 6.07) is 9.47. The predicted octanol–water partition coefficient (Wildman–Crippen LogP) is 2.24. The first-order valence-corrected chi connectivity index (χ1v) is 6.74. The Kier molecular flexibility index (Phi) is 2.82. The van der Waals surface area contributed by atoms with Crippen LogP contribution >= 0.6 is 0 Å². The van der Waals surface area contributed by atoms with Gasteiger partial charge in [-0.15, -0.1) is 0 Å². The monoisotopic (exact) mass is 271 g/mol. The van der Waals surface area contributed by atoms with Gasteiger partial charge in [0.2, 0.25) is 5.88 Å². The third kappa shape index (κ3) is 1.98. The molecule has 0 spiro atoms. The maximum absolute atomic E-state index is 10.1. The molecule has 1 fully saturated rings. The molecule has 0 atom stereocenters. The second kappa shape index (κ2) is 4.20. The average molecular weight is 271 g/mol. The van der Waals surface area contributed by atoms with Gasteiger partial charge in [-0.25, -0.2) is 4.98 Å². The molecule has 4 nitrogen and oxygen atoms in total. The zero-order valence-corrected chi connectivity index (χ0v) is 12.2. The summed E-state index contributed by atoms with van der Waals surface area (Å²) in [6.45, 7) is 7.98. The first-order chi connectivity index (χ1) is 9.30. The van der Waals surface area contributed by atoms with E-state index >= 15 is 0 Å². The summed E-state index contributed by atoms with van der Waals surface area (Å²) in [7, 11) is -0.560. The van der Waals surface area contributed by atoms with Crippen molar-refractivity contribution in [2.24, 2.45) is 0 Å². The highest BCUT2D eigenvalue weighted by Crippen LogP contribution is 2.36. The van der Waals surface area contributed by atoms with Crippen LogP contribution in [0.15, 0.2) is 30.3 Å². The number of aromatic hydroxyl groups is 1. The molecule has 2 aromatic rings. The molecule has 104 valence electrons. The van der Waals surface area contributed by atoms with Crippen LogP contribution in [-0.2, 0) is 9.31 Å². The quantitative estimate of drug-likeness (QED) is 0.808. The summed E-state index contributed by atoms with van der Waals surface area (Å²) in [5.41, 5.74) is -0.235. The van der Waals surface area contributed by atoms with Gasteiger partial charge in [0.1, 0.15) is 0 Å². The predicted molar refractivity (Wildman–Crippen MR) is 79.1 cm³/mol. The Morgan fingerprint density at radius 3 is 2.30 bits per heavy atom. The van der Waals surface area contributed by atoms with Crippen LogP contribution in [0.3, 0.4) is 0 Å². The van der Waals surface area contributed by atoms with E-state index in [0.29, 0.717) is 5.59 Å². The molecular formula is C15H18BNO3. The van der Waals surface area contributed by atoms with Crippen molar-refractivity contribution in [3.63, 3.8) is 0 Å². The normalized spacial score (nSPS) is 20.5. The van der Waals surface area contributed by atoms with Crippen molar-refractivity contribution >= 4 is 23.5 Å². The Morgan fingerprint density at radius 2 is 1.65 bits per heavy atom. The third-order valence-electron chi connectivity index (χ3n) is 4.23. The summed E-state index contributed by atoms with van der Waals surface area (Å²) in [4.78, 5) is 4.22. The van der Waals surface area contributed by atoms with E-state index in [1.165, 1.54) is 0 Å². The maximum Gasteiger partial charge on any atom is 0.514 e. The van der Waals surface area contributed by atoms with Crippen LogP contribution in [0.4, 0.5) is 0 Å². The minimum atomic E-state index is -0.560. The highest BCUT2D eigenvalue weighted by atomic mass is 16.7. The third-order valence-corrected chi connectivity index (χ3v) is 4.23. The summed E-state index contributed by atoms with van der Waals surface area (Å²) >= 11 is 0. The number of aromatic nitrogens is 1. The van der Waals surface area contributed by atoms with E-state index in [1.807, 2.05) is 58.0 Å². The Hall–Kier alpha value is -1.59. The molecule has 1 aromatic carbocycles. The number of nitrogens with zero attached hydrogens (tertiary/aromatic N) is 1. The van der Waals surface area contributed by atoms with Gasteiger partial charge in [0.25, 0.3) is 0 Å². The van der Waals surface area contributed by atoms with Gasteiger partial charge >= 0.3 is 7.12 Å². The zero-order valence-electron chi connectivity index (χ0n) is 12.2. The number of hydrogen-bond donors (Lipinski definition) is 1. The number of pyridine rings is 1. The molecule has 1 N–H and O–H groups in total. The lowest BCUT2D eigenvalue weighted by Crippen LogP contribution is -2.41. The number of benzene rings is 1. The zero-order chi connectivity index (χ0) is 14.5. The number of fused-ring (bicyclic) bond motifs is 1. The van der Waals surface area contributed by atoms with Gasteiger partial charge in [-0.05, 0) is 45.2 Å². The van der Waals surface area contributed by atoms with E-state index in [0.717, 1.165) is 10.8 Å². The lowest BCUT2D eigenvalue weighted by atomic mass is 9.83. The Morgan fingerprint density at radius 1 is 1.05 bits per heavy atom. The molecule has 0 bridgehead atoms. The van der Waals surface area contributed by atoms with Gasteiger partial charge in [0.05, 0.1) is 16.8 Å². The van der Waals surface area contributed by atoms with E-state index in [1.54, 1.807) is 0 Å². The maximum atomic E-state index is 10.1. The topological polar surface area (TPSA) is 51.6 Å². The first-order valence-electron chi connectivity index (χ1n) is 6.74. The molecule has 1 saturated heterocycles. The second-order valence-electron chi connectivity index (χ2n) is 6.18. The standard InChI is InChI=1S/C15H18BNO3/c1-14(2)15(3,4)20-16(19-14)12-9-10-7-5-6-8-11(10)13(18)17-12/h5-9H,1-4H3,(H,17,18). The summed E-state index contributed by atoms with van der Waals surface area (Å²) in [5, 5.41) is 11.7. The summed E-state index contributed by atoms with van der Waals surface area (Å²) in [6.07, 6.45) is 0. The minimum Gasteiger partial charge on any atom is -0.493 e. The molecule has 20 heavy (non-hydrogen) atoms. The molecule has 3 rings (SSSR count). The molecule has 0 aliphatic carbocycles. The SMILES string of the molecule is CC1(C)OB(c2cc3ccccc3c(O)n2)OC1(C)C. The molecule has 0 saturated carbocycles. The number of rotatable bonds is 1. The van der Waals surface area contributed by atoms with Crippen molar-refractivity contribution in [2.75, 3.05) is 0 Å².